The molecular weight excluding hydrogens is 414 g/mol. The number of methoxy groups -OCH3 is 1. The molecule has 29 heavy (non-hydrogen) atoms. The first kappa shape index (κ1) is 20.8. The average molecular weight is 432 g/mol. The number of halogens is 1. The number of ether oxygens (including phenoxy) is 2. The second kappa shape index (κ2) is 9.49. The van der Waals surface area contributed by atoms with E-state index in [4.69, 9.17) is 21.1 Å². The summed E-state index contributed by atoms with van der Waals surface area (Å²) in [7, 11) is 1.53. The fourth-order valence-corrected chi connectivity index (χ4v) is 3.27. The summed E-state index contributed by atoms with van der Waals surface area (Å²) in [6, 6.07) is 12.6. The molecule has 1 aromatic heterocycles. The van der Waals surface area contributed by atoms with Crippen molar-refractivity contribution in [2.45, 2.75) is 18.7 Å². The number of rotatable bonds is 8. The van der Waals surface area contributed by atoms with Gasteiger partial charge in [0.25, 0.3) is 0 Å². The molecule has 150 valence electrons. The lowest BCUT2D eigenvalue weighted by Crippen LogP contribution is -1.99. The van der Waals surface area contributed by atoms with Crippen LogP contribution in [0.5, 0.6) is 11.5 Å². The van der Waals surface area contributed by atoms with E-state index in [1.807, 2.05) is 12.1 Å². The Kier molecular flexibility index (Phi) is 6.79. The molecule has 0 radical (unpaired) electrons. The largest absolute Gasteiger partial charge is 0.493 e. The maximum atomic E-state index is 11.6. The van der Waals surface area contributed by atoms with Crippen LogP contribution >= 0.6 is 23.4 Å². The van der Waals surface area contributed by atoms with Gasteiger partial charge in [-0.05, 0) is 60.2 Å². The summed E-state index contributed by atoms with van der Waals surface area (Å²) in [5.41, 5.74) is 1.62. The molecule has 0 bridgehead atoms. The molecule has 1 heterocycles. The highest BCUT2D eigenvalue weighted by atomic mass is 35.5. The monoisotopic (exact) mass is 431 g/mol. The van der Waals surface area contributed by atoms with Crippen molar-refractivity contribution in [1.29, 1.82) is 0 Å². The summed E-state index contributed by atoms with van der Waals surface area (Å²) >= 11 is 6.85. The second-order valence-electron chi connectivity index (χ2n) is 5.94. The molecule has 0 aliphatic heterocycles. The van der Waals surface area contributed by atoms with Crippen LogP contribution in [0.4, 0.5) is 0 Å². The number of hydrogen-bond acceptors (Lipinski definition) is 6. The van der Waals surface area contributed by atoms with Crippen molar-refractivity contribution in [3.63, 3.8) is 0 Å². The van der Waals surface area contributed by atoms with E-state index in [2.05, 4.69) is 15.2 Å². The van der Waals surface area contributed by atoms with Gasteiger partial charge in [-0.15, -0.1) is 5.10 Å². The van der Waals surface area contributed by atoms with Crippen LogP contribution in [0.1, 0.15) is 17.0 Å². The van der Waals surface area contributed by atoms with Crippen molar-refractivity contribution in [3.05, 3.63) is 69.3 Å². The lowest BCUT2D eigenvalue weighted by atomic mass is 10.2. The molecule has 0 atom stereocenters. The Hall–Kier alpha value is -2.97. The van der Waals surface area contributed by atoms with Crippen molar-refractivity contribution in [3.8, 4) is 11.5 Å². The molecule has 2 N–H and O–H groups in total. The summed E-state index contributed by atoms with van der Waals surface area (Å²) < 4.78 is 11.2. The number of carbonyl (C=O) groups is 1. The molecule has 0 amide bonds. The zero-order valence-corrected chi connectivity index (χ0v) is 17.3. The van der Waals surface area contributed by atoms with E-state index in [0.717, 1.165) is 17.3 Å². The number of aromatic nitrogens is 3. The number of carboxylic acid groups (broad SMARTS) is 1. The number of aromatic amines is 1. The predicted molar refractivity (Wildman–Crippen MR) is 111 cm³/mol. The fourth-order valence-electron chi connectivity index (χ4n) is 2.39. The molecule has 3 aromatic rings. The number of nitrogens with one attached hydrogen (secondary N) is 1. The average Bonchev–Trinajstić information content (AvgIpc) is 3.12. The summed E-state index contributed by atoms with van der Waals surface area (Å²) in [6.07, 6.45) is 1.53. The molecular formula is C20H18ClN3O4S. The molecule has 2 aromatic carbocycles. The minimum atomic E-state index is -1.07. The molecule has 0 saturated carbocycles. The number of thioether (sulfide) groups is 1. The maximum Gasteiger partial charge on any atom is 0.342 e. The zero-order valence-electron chi connectivity index (χ0n) is 15.7. The zero-order chi connectivity index (χ0) is 20.8. The molecule has 0 aliphatic carbocycles. The highest BCUT2D eigenvalue weighted by Crippen LogP contribution is 2.32. The molecule has 0 saturated heterocycles. The van der Waals surface area contributed by atoms with Gasteiger partial charge < -0.3 is 14.6 Å². The van der Waals surface area contributed by atoms with Gasteiger partial charge in [-0.3, -0.25) is 5.10 Å². The Labute approximate surface area is 176 Å². The molecule has 9 heteroatoms. The smallest absolute Gasteiger partial charge is 0.342 e. The lowest BCUT2D eigenvalue weighted by Gasteiger charge is -2.12. The number of nitrogens with zero attached hydrogens (tertiary/aromatic N) is 2. The van der Waals surface area contributed by atoms with Gasteiger partial charge in [-0.25, -0.2) is 9.78 Å². The van der Waals surface area contributed by atoms with E-state index in [1.165, 1.54) is 13.2 Å². The van der Waals surface area contributed by atoms with Crippen LogP contribution in [0.15, 0.2) is 52.5 Å². The van der Waals surface area contributed by atoms with Crippen molar-refractivity contribution < 1.29 is 19.4 Å². The van der Waals surface area contributed by atoms with E-state index < -0.39 is 5.97 Å². The van der Waals surface area contributed by atoms with Crippen LogP contribution in [0.2, 0.25) is 5.02 Å². The Morgan fingerprint density at radius 3 is 2.62 bits per heavy atom. The summed E-state index contributed by atoms with van der Waals surface area (Å²) in [6.45, 7) is 2.10. The minimum Gasteiger partial charge on any atom is -0.493 e. The van der Waals surface area contributed by atoms with E-state index >= 15 is 0 Å². The number of hydrogen-bond donors (Lipinski definition) is 2. The van der Waals surface area contributed by atoms with E-state index in [0.29, 0.717) is 39.7 Å². The van der Waals surface area contributed by atoms with Crippen LogP contribution in [-0.4, -0.2) is 33.4 Å². The molecule has 0 unspecified atom stereocenters. The first-order valence-electron chi connectivity index (χ1n) is 8.51. The van der Waals surface area contributed by atoms with Crippen LogP contribution in [0.3, 0.4) is 0 Å². The van der Waals surface area contributed by atoms with Gasteiger partial charge in [0.05, 0.1) is 7.11 Å². The van der Waals surface area contributed by atoms with Crippen LogP contribution in [0, 0.1) is 6.92 Å². The van der Waals surface area contributed by atoms with Gasteiger partial charge in [0.15, 0.2) is 11.5 Å². The summed E-state index contributed by atoms with van der Waals surface area (Å²) in [4.78, 5) is 15.8. The summed E-state index contributed by atoms with van der Waals surface area (Å²) in [5.74, 6) is 0.588. The lowest BCUT2D eigenvalue weighted by molar-refractivity contribution is -0.131. The molecule has 0 spiro atoms. The molecule has 0 aliphatic rings. The Balaban J connectivity index is 1.77. The van der Waals surface area contributed by atoms with Gasteiger partial charge in [0, 0.05) is 5.02 Å². The van der Waals surface area contributed by atoms with Crippen LogP contribution < -0.4 is 9.47 Å². The van der Waals surface area contributed by atoms with Crippen molar-refractivity contribution in [1.82, 2.24) is 15.2 Å². The third-order valence-electron chi connectivity index (χ3n) is 3.78. The molecule has 7 nitrogen and oxygen atoms in total. The number of benzene rings is 2. The normalized spacial score (nSPS) is 11.3. The van der Waals surface area contributed by atoms with Crippen molar-refractivity contribution in [2.75, 3.05) is 7.11 Å². The SMILES string of the molecule is COc1cc(/C=C(\Sc2n[nH]c(C)n2)C(=O)O)ccc1OCc1ccc(Cl)cc1. The Bertz CT molecular complexity index is 1030. The standard InChI is InChI=1S/C20H18ClN3O4S/c1-12-22-20(24-23-12)29-18(19(25)26)10-14-5-8-16(17(9-14)27-2)28-11-13-3-6-15(21)7-4-13/h3-10H,11H2,1-2H3,(H,25,26)(H,22,23,24)/b18-10-. The highest BCUT2D eigenvalue weighted by Gasteiger charge is 2.14. The first-order chi connectivity index (χ1) is 13.9. The third kappa shape index (κ3) is 5.75. The molecule has 0 fully saturated rings. The Morgan fingerprint density at radius 1 is 1.24 bits per heavy atom. The topological polar surface area (TPSA) is 97.3 Å². The fraction of sp³-hybridized carbons (Fsp3) is 0.150. The van der Waals surface area contributed by atoms with Gasteiger partial charge in [0.2, 0.25) is 5.16 Å². The second-order valence-corrected chi connectivity index (χ2v) is 7.39. The number of carboxylic acids is 1. The van der Waals surface area contributed by atoms with Crippen LogP contribution in [0.25, 0.3) is 6.08 Å². The molecule has 3 rings (SSSR count). The first-order valence-corrected chi connectivity index (χ1v) is 9.71. The number of aliphatic carboxylic acids is 1. The van der Waals surface area contributed by atoms with E-state index in [9.17, 15) is 9.90 Å². The minimum absolute atomic E-state index is 0.0842. The number of H-pyrrole nitrogens is 1. The van der Waals surface area contributed by atoms with Crippen LogP contribution in [-0.2, 0) is 11.4 Å². The van der Waals surface area contributed by atoms with Gasteiger partial charge in [0.1, 0.15) is 17.3 Å². The number of aryl methyl sites for hydroxylation is 1. The van der Waals surface area contributed by atoms with E-state index in [1.54, 1.807) is 37.3 Å². The summed E-state index contributed by atoms with van der Waals surface area (Å²) in [5, 5.41) is 17.1. The van der Waals surface area contributed by atoms with Crippen molar-refractivity contribution in [2.24, 2.45) is 0 Å². The Morgan fingerprint density at radius 2 is 2.00 bits per heavy atom. The third-order valence-corrected chi connectivity index (χ3v) is 4.91. The van der Waals surface area contributed by atoms with Crippen molar-refractivity contribution >= 4 is 35.4 Å². The highest BCUT2D eigenvalue weighted by molar-refractivity contribution is 8.04. The predicted octanol–water partition coefficient (Wildman–Crippen LogP) is 4.57. The van der Waals surface area contributed by atoms with Gasteiger partial charge >= 0.3 is 5.97 Å². The van der Waals surface area contributed by atoms with E-state index in [-0.39, 0.29) is 4.91 Å². The maximum absolute atomic E-state index is 11.6. The van der Waals surface area contributed by atoms with Gasteiger partial charge in [-0.1, -0.05) is 29.8 Å². The quantitative estimate of drug-likeness (QED) is 0.398. The van der Waals surface area contributed by atoms with Gasteiger partial charge in [-0.2, -0.15) is 0 Å².